The van der Waals surface area contributed by atoms with Crippen molar-refractivity contribution in [2.45, 2.75) is 32.0 Å². The molecule has 0 amide bonds. The van der Waals surface area contributed by atoms with Crippen molar-refractivity contribution < 1.29 is 4.90 Å². The number of fused-ring (bicyclic) bond motifs is 7. The molecule has 0 saturated carbocycles. The van der Waals surface area contributed by atoms with Gasteiger partial charge in [-0.1, -0.05) is 42.5 Å². The van der Waals surface area contributed by atoms with Crippen molar-refractivity contribution in [2.75, 3.05) is 0 Å². The minimum Gasteiger partial charge on any atom is -0.353 e. The van der Waals surface area contributed by atoms with Crippen LogP contribution in [0.4, 0.5) is 0 Å². The summed E-state index contributed by atoms with van der Waals surface area (Å²) in [7, 11) is 0. The van der Waals surface area contributed by atoms with Crippen LogP contribution in [0.25, 0.3) is 10.9 Å². The molecule has 5 rings (SSSR count). The summed E-state index contributed by atoms with van der Waals surface area (Å²) in [5.74, 6) is 0. The Morgan fingerprint density at radius 3 is 2.81 bits per heavy atom. The molecule has 2 aliphatic rings. The van der Waals surface area contributed by atoms with Gasteiger partial charge in [-0.25, -0.2) is 0 Å². The van der Waals surface area contributed by atoms with E-state index in [-0.39, 0.29) is 0 Å². The van der Waals surface area contributed by atoms with E-state index < -0.39 is 0 Å². The largest absolute Gasteiger partial charge is 0.353 e. The summed E-state index contributed by atoms with van der Waals surface area (Å²) in [5.41, 5.74) is 7.33. The van der Waals surface area contributed by atoms with Crippen LogP contribution in [0.1, 0.15) is 35.3 Å². The lowest BCUT2D eigenvalue weighted by molar-refractivity contribution is -0.957. The fraction of sp³-hybridized carbons (Fsp3) is 0.263. The molecule has 3 unspecified atom stereocenters. The highest BCUT2D eigenvalue weighted by Gasteiger charge is 2.44. The summed E-state index contributed by atoms with van der Waals surface area (Å²) >= 11 is 0. The highest BCUT2D eigenvalue weighted by atomic mass is 15.2. The maximum Gasteiger partial charge on any atom is 0.155 e. The summed E-state index contributed by atoms with van der Waals surface area (Å²) < 4.78 is 0. The van der Waals surface area contributed by atoms with Crippen LogP contribution < -0.4 is 4.90 Å². The van der Waals surface area contributed by atoms with Crippen LogP contribution in [-0.2, 0) is 13.0 Å². The molecule has 104 valence electrons. The van der Waals surface area contributed by atoms with Crippen molar-refractivity contribution in [1.29, 1.82) is 0 Å². The van der Waals surface area contributed by atoms with Gasteiger partial charge >= 0.3 is 0 Å². The van der Waals surface area contributed by atoms with E-state index in [1.165, 1.54) is 34.1 Å². The van der Waals surface area contributed by atoms with E-state index in [0.717, 1.165) is 6.54 Å². The fourth-order valence-electron chi connectivity index (χ4n) is 4.42. The molecule has 3 atom stereocenters. The minimum atomic E-state index is 0.493. The van der Waals surface area contributed by atoms with Gasteiger partial charge in [-0.2, -0.15) is 0 Å². The van der Waals surface area contributed by atoms with Gasteiger partial charge in [-0.05, 0) is 18.6 Å². The van der Waals surface area contributed by atoms with E-state index >= 15 is 0 Å². The second-order valence-corrected chi connectivity index (χ2v) is 6.55. The highest BCUT2D eigenvalue weighted by molar-refractivity contribution is 5.85. The molecule has 1 aromatic heterocycles. The predicted octanol–water partition coefficient (Wildman–Crippen LogP) is 2.60. The van der Waals surface area contributed by atoms with E-state index in [9.17, 15) is 0 Å². The van der Waals surface area contributed by atoms with Crippen LogP contribution in [0.3, 0.4) is 0 Å². The van der Waals surface area contributed by atoms with Crippen molar-refractivity contribution in [3.63, 3.8) is 0 Å². The van der Waals surface area contributed by atoms with E-state index in [1.54, 1.807) is 10.5 Å². The Bertz CT molecular complexity index is 846. The standard InChI is InChI=1S/C19H18N2/c1-12-10-16-15-8-4-5-9-17(15)20-18(16)19-14-7-3-2-6-13(14)11-21(12)19/h2-9,12,19-20H,10-11H2,1H3/p+1. The smallest absolute Gasteiger partial charge is 0.155 e. The Morgan fingerprint density at radius 1 is 1.05 bits per heavy atom. The fourth-order valence-corrected chi connectivity index (χ4v) is 4.42. The number of nitrogens with one attached hydrogen (secondary N) is 2. The zero-order chi connectivity index (χ0) is 14.0. The summed E-state index contributed by atoms with van der Waals surface area (Å²) in [4.78, 5) is 5.43. The van der Waals surface area contributed by atoms with Crippen molar-refractivity contribution in [3.8, 4) is 0 Å². The second kappa shape index (κ2) is 3.99. The SMILES string of the molecule is CC1Cc2c([nH]c3ccccc23)C2c3ccccc3C[NH+]12. The number of rotatable bonds is 0. The first-order valence-electron chi connectivity index (χ1n) is 7.86. The molecule has 2 nitrogen and oxygen atoms in total. The van der Waals surface area contributed by atoms with Crippen LogP contribution in [0.5, 0.6) is 0 Å². The number of benzene rings is 2. The van der Waals surface area contributed by atoms with Gasteiger partial charge in [-0.15, -0.1) is 0 Å². The molecule has 21 heavy (non-hydrogen) atoms. The Morgan fingerprint density at radius 2 is 1.86 bits per heavy atom. The van der Waals surface area contributed by atoms with E-state index in [2.05, 4.69) is 60.4 Å². The number of H-pyrrole nitrogens is 1. The predicted molar refractivity (Wildman–Crippen MR) is 84.4 cm³/mol. The van der Waals surface area contributed by atoms with Crippen LogP contribution in [0.15, 0.2) is 48.5 Å². The van der Waals surface area contributed by atoms with Gasteiger partial charge in [0.05, 0.1) is 11.7 Å². The highest BCUT2D eigenvalue weighted by Crippen LogP contribution is 2.36. The Hall–Kier alpha value is -2.06. The molecule has 0 saturated heterocycles. The third-order valence-electron chi connectivity index (χ3n) is 5.41. The molecule has 2 heteroatoms. The van der Waals surface area contributed by atoms with Crippen LogP contribution in [0, 0.1) is 0 Å². The number of para-hydroxylation sites is 1. The van der Waals surface area contributed by atoms with Crippen LogP contribution >= 0.6 is 0 Å². The van der Waals surface area contributed by atoms with E-state index in [1.807, 2.05) is 0 Å². The Kier molecular flexibility index (Phi) is 2.20. The lowest BCUT2D eigenvalue weighted by atomic mass is 9.91. The zero-order valence-electron chi connectivity index (χ0n) is 12.2. The Labute approximate surface area is 124 Å². The normalized spacial score (nSPS) is 26.4. The van der Waals surface area contributed by atoms with E-state index in [0.29, 0.717) is 12.1 Å². The molecule has 0 spiro atoms. The van der Waals surface area contributed by atoms with Crippen molar-refractivity contribution in [3.05, 3.63) is 70.9 Å². The molecular formula is C19H19N2+. The third-order valence-corrected chi connectivity index (χ3v) is 5.41. The summed E-state index contributed by atoms with van der Waals surface area (Å²) in [6.07, 6.45) is 1.18. The molecule has 0 aliphatic carbocycles. The first-order chi connectivity index (χ1) is 10.3. The molecule has 0 bridgehead atoms. The van der Waals surface area contributed by atoms with Gasteiger partial charge in [0.1, 0.15) is 6.54 Å². The van der Waals surface area contributed by atoms with Crippen molar-refractivity contribution in [2.24, 2.45) is 0 Å². The number of aromatic amines is 1. The molecule has 0 radical (unpaired) electrons. The second-order valence-electron chi connectivity index (χ2n) is 6.55. The first kappa shape index (κ1) is 11.6. The average Bonchev–Trinajstić information content (AvgIpc) is 3.06. The molecule has 2 aromatic carbocycles. The third kappa shape index (κ3) is 1.46. The van der Waals surface area contributed by atoms with Gasteiger partial charge in [0.2, 0.25) is 0 Å². The number of quaternary nitrogens is 1. The zero-order valence-corrected chi connectivity index (χ0v) is 12.2. The molecule has 2 aliphatic heterocycles. The monoisotopic (exact) mass is 275 g/mol. The number of aromatic nitrogens is 1. The quantitative estimate of drug-likeness (QED) is 0.629. The van der Waals surface area contributed by atoms with Crippen molar-refractivity contribution in [1.82, 2.24) is 4.98 Å². The summed E-state index contributed by atoms with van der Waals surface area (Å²) in [5, 5.41) is 1.42. The maximum absolute atomic E-state index is 3.73. The molecule has 3 heterocycles. The van der Waals surface area contributed by atoms with Gasteiger partial charge in [-0.3, -0.25) is 0 Å². The topological polar surface area (TPSA) is 20.2 Å². The molecule has 3 aromatic rings. The molecule has 2 N–H and O–H groups in total. The number of hydrogen-bond donors (Lipinski definition) is 2. The van der Waals surface area contributed by atoms with Crippen LogP contribution in [0.2, 0.25) is 0 Å². The maximum atomic E-state index is 3.73. The average molecular weight is 275 g/mol. The lowest BCUT2D eigenvalue weighted by Crippen LogP contribution is -3.14. The molecular weight excluding hydrogens is 256 g/mol. The van der Waals surface area contributed by atoms with Gasteiger partial charge in [0, 0.05) is 28.5 Å². The van der Waals surface area contributed by atoms with Crippen molar-refractivity contribution >= 4 is 10.9 Å². The van der Waals surface area contributed by atoms with Gasteiger partial charge in [0.25, 0.3) is 0 Å². The summed E-state index contributed by atoms with van der Waals surface area (Å²) in [6, 6.07) is 18.9. The molecule has 0 fully saturated rings. The Balaban J connectivity index is 1.80. The van der Waals surface area contributed by atoms with E-state index in [4.69, 9.17) is 0 Å². The lowest BCUT2D eigenvalue weighted by Gasteiger charge is -2.32. The van der Waals surface area contributed by atoms with Gasteiger partial charge < -0.3 is 9.88 Å². The first-order valence-corrected chi connectivity index (χ1v) is 7.86. The van der Waals surface area contributed by atoms with Crippen LogP contribution in [-0.4, -0.2) is 11.0 Å². The minimum absolute atomic E-state index is 0.493. The van der Waals surface area contributed by atoms with Gasteiger partial charge in [0.15, 0.2) is 6.04 Å². The summed E-state index contributed by atoms with van der Waals surface area (Å²) in [6.45, 7) is 3.57. The number of hydrogen-bond acceptors (Lipinski definition) is 0.